The largest absolute Gasteiger partial charge is 0.337 e. The van der Waals surface area contributed by atoms with Crippen LogP contribution < -0.4 is 5.32 Å². The quantitative estimate of drug-likeness (QED) is 0.415. The Bertz CT molecular complexity index is 1470. The summed E-state index contributed by atoms with van der Waals surface area (Å²) >= 11 is 0. The van der Waals surface area contributed by atoms with Crippen molar-refractivity contribution in [3.05, 3.63) is 60.6 Å². The van der Waals surface area contributed by atoms with Gasteiger partial charge in [-0.25, -0.2) is 4.98 Å². The molecule has 2 amide bonds. The third-order valence-electron chi connectivity index (χ3n) is 6.78. The number of fused-ring (bicyclic) bond motifs is 2. The van der Waals surface area contributed by atoms with E-state index in [1.807, 2.05) is 28.8 Å². The van der Waals surface area contributed by atoms with E-state index in [4.69, 9.17) is 4.98 Å². The van der Waals surface area contributed by atoms with E-state index < -0.39 is 0 Å². The standard InChI is InChI=1S/C27H31N7O2/c1-5-25(35)32-11-7-6-8-21(16-32)33-24-14-23-20(15-29-34(23)17(2)3)13-22(24)30-27(33)31-26(36)19-9-10-28-18(4)12-19/h5,9-10,12-15,17,21H,1,6-8,11,16H2,2-4H3,(H,30,31,36)/t21-/m1/s1. The maximum absolute atomic E-state index is 13.2. The molecule has 1 N–H and O–H groups in total. The highest BCUT2D eigenvalue weighted by atomic mass is 16.2. The maximum Gasteiger partial charge on any atom is 0.258 e. The summed E-state index contributed by atoms with van der Waals surface area (Å²) in [6, 6.07) is 7.71. The molecular weight excluding hydrogens is 454 g/mol. The van der Waals surface area contributed by atoms with Crippen LogP contribution >= 0.6 is 0 Å². The van der Waals surface area contributed by atoms with Gasteiger partial charge < -0.3 is 9.47 Å². The van der Waals surface area contributed by atoms with Crippen LogP contribution in [0, 0.1) is 6.92 Å². The van der Waals surface area contributed by atoms with Crippen molar-refractivity contribution in [3.63, 3.8) is 0 Å². The molecule has 4 aromatic rings. The fourth-order valence-electron chi connectivity index (χ4n) is 5.02. The Morgan fingerprint density at radius 3 is 2.78 bits per heavy atom. The van der Waals surface area contributed by atoms with Crippen LogP contribution in [-0.4, -0.2) is 54.1 Å². The van der Waals surface area contributed by atoms with Crippen molar-refractivity contribution in [2.75, 3.05) is 18.4 Å². The Hall–Kier alpha value is -4.01. The summed E-state index contributed by atoms with van der Waals surface area (Å²) in [5.41, 5.74) is 3.98. The number of carbonyl (C=O) groups is 2. The molecule has 1 aliphatic rings. The molecule has 0 bridgehead atoms. The third-order valence-corrected chi connectivity index (χ3v) is 6.78. The molecule has 0 aliphatic carbocycles. The number of hydrogen-bond donors (Lipinski definition) is 1. The highest BCUT2D eigenvalue weighted by molar-refractivity contribution is 6.04. The summed E-state index contributed by atoms with van der Waals surface area (Å²) in [5, 5.41) is 8.60. The van der Waals surface area contributed by atoms with Gasteiger partial charge in [0.15, 0.2) is 0 Å². The van der Waals surface area contributed by atoms with E-state index >= 15 is 0 Å². The lowest BCUT2D eigenvalue weighted by atomic mass is 10.1. The fourth-order valence-corrected chi connectivity index (χ4v) is 5.02. The minimum absolute atomic E-state index is 0.0521. The first kappa shape index (κ1) is 23.7. The van der Waals surface area contributed by atoms with Crippen LogP contribution in [0.15, 0.2) is 49.3 Å². The Morgan fingerprint density at radius 1 is 1.19 bits per heavy atom. The number of rotatable bonds is 5. The van der Waals surface area contributed by atoms with Crippen molar-refractivity contribution in [1.82, 2.24) is 29.2 Å². The van der Waals surface area contributed by atoms with E-state index in [1.54, 1.807) is 18.3 Å². The number of nitrogens with one attached hydrogen (secondary N) is 1. The summed E-state index contributed by atoms with van der Waals surface area (Å²) in [7, 11) is 0. The first-order valence-corrected chi connectivity index (χ1v) is 12.4. The monoisotopic (exact) mass is 485 g/mol. The number of pyridine rings is 1. The molecule has 0 saturated carbocycles. The van der Waals surface area contributed by atoms with Gasteiger partial charge in [-0.1, -0.05) is 6.58 Å². The van der Waals surface area contributed by atoms with E-state index in [1.165, 1.54) is 6.08 Å². The minimum atomic E-state index is -0.248. The minimum Gasteiger partial charge on any atom is -0.337 e. The average Bonchev–Trinajstić information content (AvgIpc) is 3.33. The summed E-state index contributed by atoms with van der Waals surface area (Å²) < 4.78 is 4.08. The van der Waals surface area contributed by atoms with Gasteiger partial charge in [-0.15, -0.1) is 0 Å². The number of amides is 2. The van der Waals surface area contributed by atoms with Crippen LogP contribution in [0.25, 0.3) is 21.9 Å². The van der Waals surface area contributed by atoms with E-state index in [0.29, 0.717) is 24.6 Å². The lowest BCUT2D eigenvalue weighted by Gasteiger charge is -2.26. The van der Waals surface area contributed by atoms with Gasteiger partial charge in [-0.2, -0.15) is 5.10 Å². The van der Waals surface area contributed by atoms with Crippen LogP contribution in [-0.2, 0) is 4.79 Å². The zero-order valence-electron chi connectivity index (χ0n) is 20.9. The van der Waals surface area contributed by atoms with Gasteiger partial charge in [0.25, 0.3) is 5.91 Å². The molecule has 9 heteroatoms. The van der Waals surface area contributed by atoms with Crippen molar-refractivity contribution in [1.29, 1.82) is 0 Å². The van der Waals surface area contributed by atoms with Crippen molar-refractivity contribution < 1.29 is 9.59 Å². The van der Waals surface area contributed by atoms with Crippen molar-refractivity contribution in [2.45, 2.75) is 52.1 Å². The lowest BCUT2D eigenvalue weighted by molar-refractivity contribution is -0.126. The molecule has 1 aromatic carbocycles. The number of imidazole rings is 1. The van der Waals surface area contributed by atoms with Gasteiger partial charge in [0.05, 0.1) is 28.8 Å². The lowest BCUT2D eigenvalue weighted by Crippen LogP contribution is -2.34. The average molecular weight is 486 g/mol. The van der Waals surface area contributed by atoms with E-state index in [-0.39, 0.29) is 23.9 Å². The predicted octanol–water partition coefficient (Wildman–Crippen LogP) is 4.66. The molecule has 1 atom stereocenters. The Morgan fingerprint density at radius 2 is 2.03 bits per heavy atom. The van der Waals surface area contributed by atoms with Gasteiger partial charge in [-0.05, 0) is 70.4 Å². The number of carbonyl (C=O) groups excluding carboxylic acids is 2. The zero-order valence-corrected chi connectivity index (χ0v) is 20.9. The molecule has 186 valence electrons. The molecular formula is C27H31N7O2. The maximum atomic E-state index is 13.2. The van der Waals surface area contributed by atoms with Crippen LogP contribution in [0.4, 0.5) is 5.95 Å². The second-order valence-electron chi connectivity index (χ2n) is 9.67. The van der Waals surface area contributed by atoms with E-state index in [9.17, 15) is 9.59 Å². The SMILES string of the molecule is C=CC(=O)N1CCCC[C@@H](n2c(NC(=O)c3ccnc(C)c3)nc3cc4cnn(C(C)C)c4cc32)C1. The Balaban J connectivity index is 1.65. The number of nitrogens with zero attached hydrogens (tertiary/aromatic N) is 6. The molecule has 1 aliphatic heterocycles. The Labute approximate surface area is 209 Å². The number of hydrogen-bond acceptors (Lipinski definition) is 5. The molecule has 0 radical (unpaired) electrons. The normalized spacial score (nSPS) is 16.4. The second kappa shape index (κ2) is 9.56. The number of likely N-dealkylation sites (tertiary alicyclic amines) is 1. The fraction of sp³-hybridized carbons (Fsp3) is 0.370. The molecule has 5 rings (SSSR count). The number of aryl methyl sites for hydroxylation is 1. The van der Waals surface area contributed by atoms with Gasteiger partial charge in [-0.3, -0.25) is 24.6 Å². The summed E-state index contributed by atoms with van der Waals surface area (Å²) in [5.74, 6) is 0.145. The number of aromatic nitrogens is 5. The number of benzene rings is 1. The number of anilines is 1. The van der Waals surface area contributed by atoms with Crippen molar-refractivity contribution in [3.8, 4) is 0 Å². The zero-order chi connectivity index (χ0) is 25.4. The van der Waals surface area contributed by atoms with Crippen molar-refractivity contribution in [2.24, 2.45) is 0 Å². The van der Waals surface area contributed by atoms with Gasteiger partial charge >= 0.3 is 0 Å². The van der Waals surface area contributed by atoms with Gasteiger partial charge in [0, 0.05) is 42.0 Å². The van der Waals surface area contributed by atoms with Crippen LogP contribution in [0.1, 0.15) is 61.2 Å². The molecule has 3 aromatic heterocycles. The molecule has 4 heterocycles. The van der Waals surface area contributed by atoms with Crippen LogP contribution in [0.2, 0.25) is 0 Å². The molecule has 1 fully saturated rings. The highest BCUT2D eigenvalue weighted by Crippen LogP contribution is 2.33. The van der Waals surface area contributed by atoms with E-state index in [0.717, 1.165) is 46.9 Å². The van der Waals surface area contributed by atoms with Crippen molar-refractivity contribution >= 4 is 39.7 Å². The Kier molecular flexibility index (Phi) is 6.30. The van der Waals surface area contributed by atoms with Crippen LogP contribution in [0.3, 0.4) is 0 Å². The summed E-state index contributed by atoms with van der Waals surface area (Å²) in [4.78, 5) is 36.6. The smallest absolute Gasteiger partial charge is 0.258 e. The third kappa shape index (κ3) is 4.36. The van der Waals surface area contributed by atoms with E-state index in [2.05, 4.69) is 46.5 Å². The summed E-state index contributed by atoms with van der Waals surface area (Å²) in [6.45, 7) is 10.9. The van der Waals surface area contributed by atoms with Gasteiger partial charge in [0.1, 0.15) is 0 Å². The molecule has 0 spiro atoms. The van der Waals surface area contributed by atoms with Crippen LogP contribution in [0.5, 0.6) is 0 Å². The molecule has 9 nitrogen and oxygen atoms in total. The first-order chi connectivity index (χ1) is 17.4. The topological polar surface area (TPSA) is 97.9 Å². The summed E-state index contributed by atoms with van der Waals surface area (Å²) in [6.07, 6.45) is 7.60. The first-order valence-electron chi connectivity index (χ1n) is 12.4. The molecule has 0 unspecified atom stereocenters. The second-order valence-corrected chi connectivity index (χ2v) is 9.67. The highest BCUT2D eigenvalue weighted by Gasteiger charge is 2.27. The predicted molar refractivity (Wildman–Crippen MR) is 140 cm³/mol. The van der Waals surface area contributed by atoms with Gasteiger partial charge in [0.2, 0.25) is 11.9 Å². The molecule has 1 saturated heterocycles. The molecule has 36 heavy (non-hydrogen) atoms.